The molecule has 1 amide bonds. The van der Waals surface area contributed by atoms with E-state index in [1.807, 2.05) is 0 Å². The minimum atomic E-state index is -0.327. The molecule has 0 bridgehead atoms. The molecule has 0 atom stereocenters. The van der Waals surface area contributed by atoms with Gasteiger partial charge in [0, 0.05) is 26.4 Å². The number of aliphatic hydroxyl groups is 1. The van der Waals surface area contributed by atoms with Crippen molar-refractivity contribution in [3.05, 3.63) is 28.4 Å². The molecule has 1 aromatic heterocycles. The fraction of sp³-hybridized carbons (Fsp3) is 0.545. The van der Waals surface area contributed by atoms with Crippen molar-refractivity contribution in [1.29, 1.82) is 0 Å². The van der Waals surface area contributed by atoms with Gasteiger partial charge in [-0.25, -0.2) is 4.98 Å². The van der Waals surface area contributed by atoms with Gasteiger partial charge in [0.25, 0.3) is 11.5 Å². The molecule has 0 aliphatic carbocycles. The molecule has 2 N–H and O–H groups in total. The van der Waals surface area contributed by atoms with Crippen LogP contribution in [0.2, 0.25) is 0 Å². The molecule has 0 unspecified atom stereocenters. The topological polar surface area (TPSA) is 86.3 Å². The van der Waals surface area contributed by atoms with Crippen molar-refractivity contribution < 1.29 is 9.90 Å². The van der Waals surface area contributed by atoms with E-state index in [2.05, 4.69) is 9.97 Å². The Morgan fingerprint density at radius 3 is 2.82 bits per heavy atom. The largest absolute Gasteiger partial charge is 0.396 e. The first kappa shape index (κ1) is 13.4. The molecule has 0 fully saturated rings. The fourth-order valence-corrected chi connectivity index (χ4v) is 1.39. The van der Waals surface area contributed by atoms with E-state index in [-0.39, 0.29) is 23.8 Å². The second-order valence-electron chi connectivity index (χ2n) is 3.81. The van der Waals surface area contributed by atoms with Crippen molar-refractivity contribution in [2.45, 2.75) is 19.3 Å². The third kappa shape index (κ3) is 4.36. The molecular formula is C11H17N3O3. The number of aliphatic hydroxyl groups excluding tert-OH is 1. The van der Waals surface area contributed by atoms with Crippen LogP contribution in [0.25, 0.3) is 0 Å². The van der Waals surface area contributed by atoms with Crippen LogP contribution in [0.1, 0.15) is 29.8 Å². The molecule has 1 aromatic rings. The molecule has 0 radical (unpaired) electrons. The summed E-state index contributed by atoms with van der Waals surface area (Å²) in [4.78, 5) is 30.3. The van der Waals surface area contributed by atoms with Crippen LogP contribution >= 0.6 is 0 Å². The van der Waals surface area contributed by atoms with Crippen molar-refractivity contribution in [2.24, 2.45) is 0 Å². The van der Waals surface area contributed by atoms with E-state index in [4.69, 9.17) is 5.11 Å². The third-order valence-corrected chi connectivity index (χ3v) is 2.39. The van der Waals surface area contributed by atoms with Crippen LogP contribution in [-0.2, 0) is 0 Å². The number of rotatable bonds is 6. The Hall–Kier alpha value is -1.69. The highest BCUT2D eigenvalue weighted by Crippen LogP contribution is 2.00. The number of aromatic amines is 1. The molecule has 6 nitrogen and oxygen atoms in total. The van der Waals surface area contributed by atoms with Crippen LogP contribution in [0.15, 0.2) is 17.2 Å². The molecule has 6 heteroatoms. The van der Waals surface area contributed by atoms with Gasteiger partial charge < -0.3 is 15.0 Å². The molecule has 0 aliphatic rings. The number of hydrogen-bond acceptors (Lipinski definition) is 4. The Labute approximate surface area is 99.3 Å². The minimum Gasteiger partial charge on any atom is -0.396 e. The van der Waals surface area contributed by atoms with Crippen LogP contribution in [0, 0.1) is 0 Å². The van der Waals surface area contributed by atoms with E-state index in [9.17, 15) is 9.59 Å². The maximum atomic E-state index is 11.8. The van der Waals surface area contributed by atoms with Crippen LogP contribution in [0.5, 0.6) is 0 Å². The quantitative estimate of drug-likeness (QED) is 0.684. The van der Waals surface area contributed by atoms with Gasteiger partial charge in [-0.15, -0.1) is 0 Å². The van der Waals surface area contributed by atoms with Crippen LogP contribution < -0.4 is 5.56 Å². The number of carbonyl (C=O) groups excluding carboxylic acids is 1. The lowest BCUT2D eigenvalue weighted by Crippen LogP contribution is -2.29. The summed E-state index contributed by atoms with van der Waals surface area (Å²) >= 11 is 0. The Balaban J connectivity index is 2.46. The highest BCUT2D eigenvalue weighted by molar-refractivity contribution is 5.91. The summed E-state index contributed by atoms with van der Waals surface area (Å²) in [5.41, 5.74) is -0.0959. The molecular weight excluding hydrogens is 222 g/mol. The fourth-order valence-electron chi connectivity index (χ4n) is 1.39. The predicted molar refractivity (Wildman–Crippen MR) is 62.8 cm³/mol. The minimum absolute atomic E-state index is 0.180. The number of nitrogens with one attached hydrogen (secondary N) is 1. The Bertz CT molecular complexity index is 396. The van der Waals surface area contributed by atoms with Crippen molar-refractivity contribution in [2.75, 3.05) is 20.2 Å². The first-order valence-electron chi connectivity index (χ1n) is 5.56. The number of amides is 1. The number of hydrogen-bond donors (Lipinski definition) is 2. The van der Waals surface area contributed by atoms with Crippen LogP contribution in [0.3, 0.4) is 0 Å². The summed E-state index contributed by atoms with van der Waals surface area (Å²) in [7, 11) is 1.69. The van der Waals surface area contributed by atoms with Crippen molar-refractivity contribution in [1.82, 2.24) is 14.9 Å². The standard InChI is InChI=1S/C11H17N3O3/c1-14(5-3-2-4-6-15)11(17)9-7-13-10(16)8-12-9/h7-8,15H,2-6H2,1H3,(H,13,16). The highest BCUT2D eigenvalue weighted by atomic mass is 16.3. The van der Waals surface area contributed by atoms with E-state index in [1.54, 1.807) is 11.9 Å². The summed E-state index contributed by atoms with van der Waals surface area (Å²) < 4.78 is 0. The number of nitrogens with zero attached hydrogens (tertiary/aromatic N) is 2. The van der Waals surface area contributed by atoms with Gasteiger partial charge in [0.05, 0.1) is 6.20 Å². The number of unbranched alkanes of at least 4 members (excludes halogenated alkanes) is 2. The maximum Gasteiger partial charge on any atom is 0.273 e. The van der Waals surface area contributed by atoms with Gasteiger partial charge in [-0.05, 0) is 19.3 Å². The SMILES string of the molecule is CN(CCCCCO)C(=O)c1c[nH]c(=O)cn1. The summed E-state index contributed by atoms with van der Waals surface area (Å²) in [6.07, 6.45) is 4.87. The number of H-pyrrole nitrogens is 1. The van der Waals surface area contributed by atoms with E-state index in [0.717, 1.165) is 25.5 Å². The van der Waals surface area contributed by atoms with Crippen molar-refractivity contribution in [3.8, 4) is 0 Å². The molecule has 0 saturated carbocycles. The predicted octanol–water partition coefficient (Wildman–Crippen LogP) is 0.00450. The zero-order valence-corrected chi connectivity index (χ0v) is 9.85. The summed E-state index contributed by atoms with van der Waals surface area (Å²) in [5, 5.41) is 8.62. The smallest absolute Gasteiger partial charge is 0.273 e. The number of aromatic nitrogens is 2. The van der Waals surface area contributed by atoms with E-state index < -0.39 is 0 Å². The van der Waals surface area contributed by atoms with Crippen molar-refractivity contribution >= 4 is 5.91 Å². The van der Waals surface area contributed by atoms with Gasteiger partial charge in [0.1, 0.15) is 5.69 Å². The first-order valence-corrected chi connectivity index (χ1v) is 5.56. The Morgan fingerprint density at radius 1 is 1.47 bits per heavy atom. The summed E-state index contributed by atoms with van der Waals surface area (Å²) in [5.74, 6) is -0.217. The number of carbonyl (C=O) groups is 1. The van der Waals surface area contributed by atoms with Crippen LogP contribution in [-0.4, -0.2) is 46.1 Å². The normalized spacial score (nSPS) is 10.2. The maximum absolute atomic E-state index is 11.8. The molecule has 0 aromatic carbocycles. The second kappa shape index (κ2) is 6.80. The Kier molecular flexibility index (Phi) is 5.35. The van der Waals surface area contributed by atoms with Crippen LogP contribution in [0.4, 0.5) is 0 Å². The average molecular weight is 239 g/mol. The first-order chi connectivity index (χ1) is 8.15. The molecule has 17 heavy (non-hydrogen) atoms. The molecule has 0 aliphatic heterocycles. The molecule has 94 valence electrons. The van der Waals surface area contributed by atoms with Gasteiger partial charge in [-0.2, -0.15) is 0 Å². The van der Waals surface area contributed by atoms with E-state index >= 15 is 0 Å². The Morgan fingerprint density at radius 2 is 2.24 bits per heavy atom. The molecule has 0 spiro atoms. The molecule has 1 heterocycles. The zero-order valence-electron chi connectivity index (χ0n) is 9.85. The van der Waals surface area contributed by atoms with Gasteiger partial charge in [-0.3, -0.25) is 9.59 Å². The third-order valence-electron chi connectivity index (χ3n) is 2.39. The zero-order chi connectivity index (χ0) is 12.7. The van der Waals surface area contributed by atoms with E-state index in [0.29, 0.717) is 6.54 Å². The van der Waals surface area contributed by atoms with Gasteiger partial charge in [0.2, 0.25) is 0 Å². The van der Waals surface area contributed by atoms with Gasteiger partial charge >= 0.3 is 0 Å². The van der Waals surface area contributed by atoms with Gasteiger partial charge in [-0.1, -0.05) is 0 Å². The lowest BCUT2D eigenvalue weighted by Gasteiger charge is -2.16. The summed E-state index contributed by atoms with van der Waals surface area (Å²) in [6, 6.07) is 0. The molecule has 1 rings (SSSR count). The molecule has 0 saturated heterocycles. The van der Waals surface area contributed by atoms with Crippen molar-refractivity contribution in [3.63, 3.8) is 0 Å². The lowest BCUT2D eigenvalue weighted by molar-refractivity contribution is 0.0786. The van der Waals surface area contributed by atoms with E-state index in [1.165, 1.54) is 6.20 Å². The van der Waals surface area contributed by atoms with Gasteiger partial charge in [0.15, 0.2) is 0 Å². The average Bonchev–Trinajstić information content (AvgIpc) is 2.34. The highest BCUT2D eigenvalue weighted by Gasteiger charge is 2.12. The monoisotopic (exact) mass is 239 g/mol. The second-order valence-corrected chi connectivity index (χ2v) is 3.81. The lowest BCUT2D eigenvalue weighted by atomic mass is 10.2. The summed E-state index contributed by atoms with van der Waals surface area (Å²) in [6.45, 7) is 0.790.